The highest BCUT2D eigenvalue weighted by Gasteiger charge is 2.26. The van der Waals surface area contributed by atoms with Crippen LogP contribution in [0.5, 0.6) is 0 Å². The van der Waals surface area contributed by atoms with E-state index in [4.69, 9.17) is 4.52 Å². The van der Waals surface area contributed by atoms with Gasteiger partial charge in [0.15, 0.2) is 5.13 Å². The van der Waals surface area contributed by atoms with Crippen LogP contribution in [-0.2, 0) is 11.2 Å². The first kappa shape index (κ1) is 14.2. The second-order valence-electron chi connectivity index (χ2n) is 5.39. The van der Waals surface area contributed by atoms with E-state index in [1.165, 1.54) is 11.3 Å². The van der Waals surface area contributed by atoms with Gasteiger partial charge in [-0.15, -0.1) is 11.3 Å². The number of rotatable bonds is 4. The second kappa shape index (κ2) is 5.95. The fourth-order valence-electron chi connectivity index (χ4n) is 2.57. The Morgan fingerprint density at radius 3 is 3.10 bits per heavy atom. The largest absolute Gasteiger partial charge is 0.393 e. The first-order valence-electron chi connectivity index (χ1n) is 6.96. The highest BCUT2D eigenvalue weighted by Crippen LogP contribution is 2.38. The summed E-state index contributed by atoms with van der Waals surface area (Å²) in [5, 5.41) is 16.7. The lowest BCUT2D eigenvalue weighted by Crippen LogP contribution is -2.13. The molecule has 0 bridgehead atoms. The van der Waals surface area contributed by atoms with Gasteiger partial charge in [0.05, 0.1) is 18.2 Å². The molecule has 3 rings (SSSR count). The van der Waals surface area contributed by atoms with Gasteiger partial charge in [-0.25, -0.2) is 4.98 Å². The maximum Gasteiger partial charge on any atom is 0.233 e. The minimum atomic E-state index is -0.204. The number of anilines is 1. The number of carbonyl (C=O) groups excluding carboxylic acids is 1. The van der Waals surface area contributed by atoms with Crippen molar-refractivity contribution in [2.45, 2.75) is 44.6 Å². The molecule has 7 heteroatoms. The van der Waals surface area contributed by atoms with Gasteiger partial charge in [-0.2, -0.15) is 0 Å². The Morgan fingerprint density at radius 2 is 2.43 bits per heavy atom. The van der Waals surface area contributed by atoms with Crippen LogP contribution in [0.4, 0.5) is 5.13 Å². The molecule has 0 aliphatic heterocycles. The summed E-state index contributed by atoms with van der Waals surface area (Å²) in [5.41, 5.74) is 0.758. The quantitative estimate of drug-likeness (QED) is 0.904. The van der Waals surface area contributed by atoms with Gasteiger partial charge in [-0.1, -0.05) is 5.16 Å². The van der Waals surface area contributed by atoms with E-state index in [0.717, 1.165) is 29.8 Å². The van der Waals surface area contributed by atoms with Gasteiger partial charge >= 0.3 is 0 Å². The Kier molecular flexibility index (Phi) is 4.03. The van der Waals surface area contributed by atoms with E-state index >= 15 is 0 Å². The number of carbonyl (C=O) groups is 1. The molecule has 6 nitrogen and oxygen atoms in total. The molecule has 0 saturated heterocycles. The zero-order chi connectivity index (χ0) is 14.8. The van der Waals surface area contributed by atoms with Crippen molar-refractivity contribution in [3.05, 3.63) is 28.6 Å². The van der Waals surface area contributed by atoms with E-state index in [2.05, 4.69) is 15.5 Å². The van der Waals surface area contributed by atoms with Crippen LogP contribution in [0.1, 0.15) is 41.5 Å². The number of nitrogens with one attached hydrogen (secondary N) is 1. The van der Waals surface area contributed by atoms with Crippen molar-refractivity contribution >= 4 is 22.4 Å². The third-order valence-electron chi connectivity index (χ3n) is 3.59. The SMILES string of the molecule is Cc1cc(CC(=O)Nc2ncc([C@@H]3CC[C@H](O)C3)s2)on1. The van der Waals surface area contributed by atoms with Gasteiger partial charge in [-0.05, 0) is 32.1 Å². The molecule has 21 heavy (non-hydrogen) atoms. The second-order valence-corrected chi connectivity index (χ2v) is 6.45. The summed E-state index contributed by atoms with van der Waals surface area (Å²) in [7, 11) is 0. The Labute approximate surface area is 126 Å². The molecular weight excluding hydrogens is 290 g/mol. The summed E-state index contributed by atoms with van der Waals surface area (Å²) < 4.78 is 5.02. The normalized spacial score (nSPS) is 21.6. The average Bonchev–Trinajstić information content (AvgIpc) is 3.12. The van der Waals surface area contributed by atoms with Crippen molar-refractivity contribution in [1.82, 2.24) is 10.1 Å². The molecule has 1 aliphatic carbocycles. The highest BCUT2D eigenvalue weighted by atomic mass is 32.1. The van der Waals surface area contributed by atoms with Crippen LogP contribution in [0.3, 0.4) is 0 Å². The Morgan fingerprint density at radius 1 is 1.57 bits per heavy atom. The van der Waals surface area contributed by atoms with Gasteiger partial charge in [0.25, 0.3) is 0 Å². The lowest BCUT2D eigenvalue weighted by molar-refractivity contribution is -0.115. The summed E-state index contributed by atoms with van der Waals surface area (Å²) in [6.07, 6.45) is 4.35. The average molecular weight is 307 g/mol. The predicted octanol–water partition coefficient (Wildman–Crippen LogP) is 2.25. The Hall–Kier alpha value is -1.73. The number of hydrogen-bond acceptors (Lipinski definition) is 6. The first-order valence-corrected chi connectivity index (χ1v) is 7.77. The van der Waals surface area contributed by atoms with Crippen LogP contribution >= 0.6 is 11.3 Å². The molecule has 0 aromatic carbocycles. The fourth-order valence-corrected chi connectivity index (χ4v) is 3.55. The van der Waals surface area contributed by atoms with Crippen LogP contribution in [0, 0.1) is 6.92 Å². The van der Waals surface area contributed by atoms with Crippen molar-refractivity contribution in [1.29, 1.82) is 0 Å². The molecule has 1 amide bonds. The summed E-state index contributed by atoms with van der Waals surface area (Å²) in [6.45, 7) is 1.81. The van der Waals surface area contributed by atoms with Gasteiger partial charge in [0.1, 0.15) is 5.76 Å². The number of aromatic nitrogens is 2. The lowest BCUT2D eigenvalue weighted by Gasteiger charge is -2.04. The molecule has 2 N–H and O–H groups in total. The van der Waals surface area contributed by atoms with Crippen molar-refractivity contribution in [3.8, 4) is 0 Å². The van der Waals surface area contributed by atoms with Gasteiger partial charge in [0.2, 0.25) is 5.91 Å². The van der Waals surface area contributed by atoms with Crippen molar-refractivity contribution in [2.75, 3.05) is 5.32 Å². The van der Waals surface area contributed by atoms with Gasteiger partial charge < -0.3 is 14.9 Å². The maximum absolute atomic E-state index is 11.9. The number of aliphatic hydroxyl groups excluding tert-OH is 1. The molecule has 2 aromatic rings. The van der Waals surface area contributed by atoms with Crippen LogP contribution < -0.4 is 5.32 Å². The van der Waals surface area contributed by atoms with E-state index in [1.54, 1.807) is 12.3 Å². The number of amides is 1. The number of thiazole rings is 1. The minimum absolute atomic E-state index is 0.151. The van der Waals surface area contributed by atoms with Crippen LogP contribution in [0.25, 0.3) is 0 Å². The number of aryl methyl sites for hydroxylation is 1. The standard InChI is InChI=1S/C14H17N3O3S/c1-8-4-11(20-17-8)6-13(19)16-14-15-7-12(21-14)9-2-3-10(18)5-9/h4,7,9-10,18H,2-3,5-6H2,1H3,(H,15,16,19)/t9-,10+/m1/s1. The number of hydrogen-bond donors (Lipinski definition) is 2. The summed E-state index contributed by atoms with van der Waals surface area (Å²) in [6, 6.07) is 1.74. The molecule has 2 heterocycles. The minimum Gasteiger partial charge on any atom is -0.393 e. The molecule has 1 saturated carbocycles. The van der Waals surface area contributed by atoms with Gasteiger partial charge in [-0.3, -0.25) is 4.79 Å². The number of aliphatic hydroxyl groups is 1. The zero-order valence-corrected chi connectivity index (χ0v) is 12.5. The third kappa shape index (κ3) is 3.48. The maximum atomic E-state index is 11.9. The molecule has 2 atom stereocenters. The Balaban J connectivity index is 1.58. The van der Waals surface area contributed by atoms with Crippen LogP contribution in [-0.4, -0.2) is 27.3 Å². The summed E-state index contributed by atoms with van der Waals surface area (Å²) >= 11 is 1.48. The molecule has 0 radical (unpaired) electrons. The molecule has 112 valence electrons. The highest BCUT2D eigenvalue weighted by molar-refractivity contribution is 7.15. The molecular formula is C14H17N3O3S. The van der Waals surface area contributed by atoms with Gasteiger partial charge in [0, 0.05) is 17.1 Å². The number of nitrogens with zero attached hydrogens (tertiary/aromatic N) is 2. The van der Waals surface area contributed by atoms with Crippen molar-refractivity contribution in [3.63, 3.8) is 0 Å². The molecule has 1 aliphatic rings. The third-order valence-corrected chi connectivity index (χ3v) is 4.66. The smallest absolute Gasteiger partial charge is 0.233 e. The van der Waals surface area contributed by atoms with E-state index in [9.17, 15) is 9.90 Å². The van der Waals surface area contributed by atoms with Crippen LogP contribution in [0.15, 0.2) is 16.8 Å². The van der Waals surface area contributed by atoms with E-state index in [0.29, 0.717) is 16.8 Å². The molecule has 0 unspecified atom stereocenters. The van der Waals surface area contributed by atoms with E-state index in [1.807, 2.05) is 6.92 Å². The Bertz CT molecular complexity index is 637. The first-order chi connectivity index (χ1) is 10.1. The molecule has 2 aromatic heterocycles. The molecule has 0 spiro atoms. The fraction of sp³-hybridized carbons (Fsp3) is 0.500. The van der Waals surface area contributed by atoms with Crippen molar-refractivity contribution in [2.24, 2.45) is 0 Å². The van der Waals surface area contributed by atoms with E-state index < -0.39 is 0 Å². The summed E-state index contributed by atoms with van der Waals surface area (Å²) in [5.74, 6) is 0.735. The van der Waals surface area contributed by atoms with Crippen LogP contribution in [0.2, 0.25) is 0 Å². The summed E-state index contributed by atoms with van der Waals surface area (Å²) in [4.78, 5) is 17.3. The lowest BCUT2D eigenvalue weighted by atomic mass is 10.1. The predicted molar refractivity (Wildman–Crippen MR) is 78.3 cm³/mol. The monoisotopic (exact) mass is 307 g/mol. The molecule has 1 fully saturated rings. The van der Waals surface area contributed by atoms with E-state index in [-0.39, 0.29) is 18.4 Å². The zero-order valence-electron chi connectivity index (χ0n) is 11.7. The topological polar surface area (TPSA) is 88.2 Å². The van der Waals surface area contributed by atoms with Crippen molar-refractivity contribution < 1.29 is 14.4 Å².